The number of aliphatic hydroxyl groups is 2. The predicted molar refractivity (Wildman–Crippen MR) is 138 cm³/mol. The van der Waals surface area contributed by atoms with Crippen molar-refractivity contribution < 1.29 is 24.5 Å². The van der Waals surface area contributed by atoms with Crippen LogP contribution in [0, 0.1) is 34.5 Å². The molecule has 4 aliphatic carbocycles. The van der Waals surface area contributed by atoms with E-state index in [9.17, 15) is 19.8 Å². The number of ether oxygens (including phenoxy) is 1. The summed E-state index contributed by atoms with van der Waals surface area (Å²) < 4.78 is 5.76. The second-order valence-electron chi connectivity index (χ2n) is 12.0. The van der Waals surface area contributed by atoms with E-state index in [1.807, 2.05) is 44.2 Å². The minimum Gasteiger partial charge on any atom is -0.468 e. The quantitative estimate of drug-likeness (QED) is 0.654. The highest BCUT2D eigenvalue weighted by Crippen LogP contribution is 2.68. The molecule has 6 unspecified atom stereocenters. The van der Waals surface area contributed by atoms with Crippen LogP contribution in [0.3, 0.4) is 0 Å². The van der Waals surface area contributed by atoms with E-state index in [0.717, 1.165) is 23.9 Å². The van der Waals surface area contributed by atoms with Crippen LogP contribution in [0.25, 0.3) is 11.0 Å². The Bertz CT molecular complexity index is 1350. The van der Waals surface area contributed by atoms with E-state index >= 15 is 0 Å². The molecule has 3 fully saturated rings. The molecule has 8 atom stereocenters. The molecule has 7 heteroatoms. The van der Waals surface area contributed by atoms with Gasteiger partial charge in [0.2, 0.25) is 11.7 Å². The molecule has 7 nitrogen and oxygen atoms in total. The van der Waals surface area contributed by atoms with Crippen LogP contribution in [-0.2, 0) is 9.59 Å². The lowest BCUT2D eigenvalue weighted by molar-refractivity contribution is -0.183. The molecule has 0 spiro atoms. The summed E-state index contributed by atoms with van der Waals surface area (Å²) >= 11 is 0. The van der Waals surface area contributed by atoms with Gasteiger partial charge in [0.1, 0.15) is 5.60 Å². The van der Waals surface area contributed by atoms with Gasteiger partial charge in [0, 0.05) is 16.7 Å². The summed E-state index contributed by atoms with van der Waals surface area (Å²) in [5, 5.41) is 23.7. The molecule has 2 aromatic rings. The molecular formula is C30H34N2O5. The number of allylic oxidation sites excluding steroid dienone is 4. The monoisotopic (exact) mass is 502 g/mol. The Morgan fingerprint density at radius 3 is 2.76 bits per heavy atom. The molecule has 0 saturated heterocycles. The lowest BCUT2D eigenvalue weighted by Crippen LogP contribution is -2.63. The zero-order valence-electron chi connectivity index (χ0n) is 21.6. The molecule has 1 aromatic carbocycles. The molecule has 1 aromatic heterocycles. The number of carbonyl (C=O) groups excluding carboxylic acids is 2. The number of fused-ring (bicyclic) bond motifs is 6. The lowest BCUT2D eigenvalue weighted by atomic mass is 9.46. The molecule has 2 N–H and O–H groups in total. The third-order valence-electron chi connectivity index (χ3n) is 10.3. The number of aromatic nitrogens is 2. The van der Waals surface area contributed by atoms with Gasteiger partial charge in [0.15, 0.2) is 12.4 Å². The largest absolute Gasteiger partial charge is 0.468 e. The van der Waals surface area contributed by atoms with Crippen molar-refractivity contribution in [2.24, 2.45) is 34.5 Å². The maximum atomic E-state index is 13.7. The van der Waals surface area contributed by atoms with Crippen molar-refractivity contribution in [1.82, 2.24) is 9.97 Å². The third kappa shape index (κ3) is 3.40. The number of benzene rings is 1. The number of Topliss-reactive ketones (excluding diaryl/α,β-unsaturated/α-hetero) is 1. The van der Waals surface area contributed by atoms with E-state index in [1.54, 1.807) is 12.2 Å². The summed E-state index contributed by atoms with van der Waals surface area (Å²) in [6.07, 6.45) is 8.79. The Morgan fingerprint density at radius 2 is 1.97 bits per heavy atom. The lowest BCUT2D eigenvalue weighted by Gasteiger charge is -2.59. The Morgan fingerprint density at radius 1 is 1.22 bits per heavy atom. The van der Waals surface area contributed by atoms with Crippen LogP contribution in [0.15, 0.2) is 54.3 Å². The fourth-order valence-electron chi connectivity index (χ4n) is 8.51. The van der Waals surface area contributed by atoms with Crippen molar-refractivity contribution in [3.63, 3.8) is 0 Å². The first-order valence-electron chi connectivity index (χ1n) is 13.3. The van der Waals surface area contributed by atoms with E-state index in [0.29, 0.717) is 18.4 Å². The van der Waals surface area contributed by atoms with Crippen molar-refractivity contribution in [3.05, 3.63) is 54.3 Å². The van der Waals surface area contributed by atoms with E-state index in [1.165, 1.54) is 6.20 Å². The van der Waals surface area contributed by atoms with E-state index in [2.05, 4.69) is 16.9 Å². The number of rotatable bonds is 4. The Balaban J connectivity index is 1.27. The second kappa shape index (κ2) is 8.30. The third-order valence-corrected chi connectivity index (χ3v) is 10.3. The molecule has 4 aliphatic rings. The smallest absolute Gasteiger partial charge is 0.233 e. The highest BCUT2D eigenvalue weighted by molar-refractivity contribution is 6.01. The molecule has 0 radical (unpaired) electrons. The molecule has 1 heterocycles. The number of nitrogens with zero attached hydrogens (tertiary/aromatic N) is 2. The van der Waals surface area contributed by atoms with Crippen LogP contribution < -0.4 is 4.74 Å². The van der Waals surface area contributed by atoms with E-state index in [4.69, 9.17) is 4.74 Å². The van der Waals surface area contributed by atoms with Crippen LogP contribution in [0.4, 0.5) is 0 Å². The van der Waals surface area contributed by atoms with Crippen LogP contribution in [-0.4, -0.2) is 50.1 Å². The van der Waals surface area contributed by atoms with Crippen LogP contribution in [0.1, 0.15) is 46.5 Å². The van der Waals surface area contributed by atoms with Crippen LogP contribution >= 0.6 is 0 Å². The first kappa shape index (κ1) is 24.4. The summed E-state index contributed by atoms with van der Waals surface area (Å²) in [6, 6.07) is 7.43. The van der Waals surface area contributed by atoms with E-state index < -0.39 is 17.1 Å². The van der Waals surface area contributed by atoms with Crippen molar-refractivity contribution in [2.45, 2.75) is 58.2 Å². The van der Waals surface area contributed by atoms with Gasteiger partial charge in [0.25, 0.3) is 0 Å². The number of ketones is 2. The highest BCUT2D eigenvalue weighted by atomic mass is 16.5. The van der Waals surface area contributed by atoms with Crippen molar-refractivity contribution in [3.8, 4) is 5.88 Å². The number of aliphatic hydroxyl groups excluding tert-OH is 1. The predicted octanol–water partition coefficient (Wildman–Crippen LogP) is 3.83. The average molecular weight is 503 g/mol. The molecule has 0 aliphatic heterocycles. The van der Waals surface area contributed by atoms with Gasteiger partial charge in [-0.25, -0.2) is 9.97 Å². The molecule has 3 saturated carbocycles. The van der Waals surface area contributed by atoms with Gasteiger partial charge in [-0.2, -0.15) is 0 Å². The maximum absolute atomic E-state index is 13.7. The Hall–Kier alpha value is -2.90. The molecule has 194 valence electrons. The van der Waals surface area contributed by atoms with Gasteiger partial charge in [-0.05, 0) is 67.7 Å². The van der Waals surface area contributed by atoms with Gasteiger partial charge in [-0.1, -0.05) is 44.6 Å². The normalized spacial score (nSPS) is 40.5. The standard InChI is InChI=1S/C30H34N2O5/c1-17-12-21-20-9-8-18-13-19(33)10-11-28(18,2)27(20)24(34)14-29(21,3)30(17,36)25(35)16-37-26-15-31-22-6-4-5-7-23(22)32-26/h4-7,10-11,13,15,17,20-21,24,27,34,36H,8-9,12,14,16H2,1-3H3/t17-,20?,21?,24?,27?,28?,29?,30+/m1/s1. The molecule has 0 amide bonds. The average Bonchev–Trinajstić information content (AvgIpc) is 3.08. The molecule has 37 heavy (non-hydrogen) atoms. The van der Waals surface area contributed by atoms with Crippen LogP contribution in [0.2, 0.25) is 0 Å². The highest BCUT2D eigenvalue weighted by Gasteiger charge is 2.70. The first-order chi connectivity index (χ1) is 17.6. The fraction of sp³-hybridized carbons (Fsp3) is 0.533. The summed E-state index contributed by atoms with van der Waals surface area (Å²) in [4.78, 5) is 34.5. The SMILES string of the molecule is C[C@@H]1CC2C3CCC4=CC(=O)C=CC4(C)C3C(O)CC2(C)[C@@]1(O)C(=O)COc1cnc2ccccc2n1. The van der Waals surface area contributed by atoms with Crippen LogP contribution in [0.5, 0.6) is 5.88 Å². The van der Waals surface area contributed by atoms with Crippen molar-refractivity contribution in [2.75, 3.05) is 6.61 Å². The topological polar surface area (TPSA) is 110 Å². The molecule has 6 rings (SSSR count). The fourth-order valence-corrected chi connectivity index (χ4v) is 8.51. The number of hydrogen-bond donors (Lipinski definition) is 2. The van der Waals surface area contributed by atoms with Gasteiger partial charge < -0.3 is 14.9 Å². The summed E-state index contributed by atoms with van der Waals surface area (Å²) in [6.45, 7) is 5.73. The minimum absolute atomic E-state index is 0.00614. The first-order valence-corrected chi connectivity index (χ1v) is 13.3. The summed E-state index contributed by atoms with van der Waals surface area (Å²) in [7, 11) is 0. The number of hydrogen-bond acceptors (Lipinski definition) is 7. The van der Waals surface area contributed by atoms with Crippen molar-refractivity contribution >= 4 is 22.6 Å². The van der Waals surface area contributed by atoms with Gasteiger partial charge in [-0.3, -0.25) is 9.59 Å². The van der Waals surface area contributed by atoms with Gasteiger partial charge in [0.05, 0.1) is 23.3 Å². The van der Waals surface area contributed by atoms with E-state index in [-0.39, 0.29) is 53.1 Å². The summed E-state index contributed by atoms with van der Waals surface area (Å²) in [5.41, 5.74) is -0.291. The zero-order chi connectivity index (χ0) is 26.2. The summed E-state index contributed by atoms with van der Waals surface area (Å²) in [5.74, 6) is -0.239. The Labute approximate surface area is 216 Å². The minimum atomic E-state index is -1.62. The Kier molecular flexibility index (Phi) is 5.48. The zero-order valence-corrected chi connectivity index (χ0v) is 21.6. The molecule has 0 bridgehead atoms. The molecular weight excluding hydrogens is 468 g/mol. The maximum Gasteiger partial charge on any atom is 0.233 e. The van der Waals surface area contributed by atoms with Crippen molar-refractivity contribution in [1.29, 1.82) is 0 Å². The number of carbonyl (C=O) groups is 2. The van der Waals surface area contributed by atoms with Gasteiger partial charge in [-0.15, -0.1) is 0 Å². The number of para-hydroxylation sites is 2. The van der Waals surface area contributed by atoms with Gasteiger partial charge >= 0.3 is 0 Å². The second-order valence-corrected chi connectivity index (χ2v) is 12.0.